The number of hydrogen-bond acceptors (Lipinski definition) is 5. The highest BCUT2D eigenvalue weighted by Crippen LogP contribution is 2.18. The fraction of sp³-hybridized carbons (Fsp3) is 0.308. The smallest absolute Gasteiger partial charge is 0.236 e. The molecular formula is C13H15ClN4O2. The van der Waals surface area contributed by atoms with Crippen molar-refractivity contribution in [1.82, 2.24) is 15.5 Å². The number of nitrogens with two attached hydrogens (primary N) is 1. The van der Waals surface area contributed by atoms with Crippen LogP contribution in [0.1, 0.15) is 12.8 Å². The second-order valence-electron chi connectivity index (χ2n) is 4.35. The second-order valence-corrected chi connectivity index (χ2v) is 4.78. The third kappa shape index (κ3) is 3.79. The van der Waals surface area contributed by atoms with Crippen molar-refractivity contribution in [2.45, 2.75) is 19.4 Å². The fourth-order valence-corrected chi connectivity index (χ4v) is 1.65. The number of nitrogens with one attached hydrogen (secondary N) is 1. The van der Waals surface area contributed by atoms with Crippen molar-refractivity contribution in [3.8, 4) is 11.4 Å². The van der Waals surface area contributed by atoms with E-state index >= 15 is 0 Å². The van der Waals surface area contributed by atoms with Crippen LogP contribution in [0.2, 0.25) is 5.02 Å². The van der Waals surface area contributed by atoms with Gasteiger partial charge in [-0.3, -0.25) is 4.79 Å². The predicted molar refractivity (Wildman–Crippen MR) is 75.1 cm³/mol. The van der Waals surface area contributed by atoms with Crippen LogP contribution < -0.4 is 11.1 Å². The van der Waals surface area contributed by atoms with Crippen LogP contribution >= 0.6 is 11.6 Å². The molecule has 106 valence electrons. The number of benzene rings is 1. The molecule has 1 aromatic heterocycles. The summed E-state index contributed by atoms with van der Waals surface area (Å²) in [7, 11) is 0. The third-order valence-corrected chi connectivity index (χ3v) is 2.87. The number of amides is 1. The maximum Gasteiger partial charge on any atom is 0.236 e. The minimum atomic E-state index is -0.526. The van der Waals surface area contributed by atoms with E-state index in [1.165, 1.54) is 0 Å². The molecule has 0 aliphatic carbocycles. The van der Waals surface area contributed by atoms with E-state index in [9.17, 15) is 4.79 Å². The summed E-state index contributed by atoms with van der Waals surface area (Å²) in [6.07, 6.45) is 0.457. The van der Waals surface area contributed by atoms with Gasteiger partial charge in [0.15, 0.2) is 0 Å². The summed E-state index contributed by atoms with van der Waals surface area (Å²) in [6.45, 7) is 2.03. The van der Waals surface area contributed by atoms with Crippen molar-refractivity contribution in [2.24, 2.45) is 5.73 Å². The summed E-state index contributed by atoms with van der Waals surface area (Å²) in [5, 5.41) is 7.21. The number of nitrogens with zero attached hydrogens (tertiary/aromatic N) is 2. The predicted octanol–water partition coefficient (Wildman–Crippen LogP) is 1.40. The standard InChI is InChI=1S/C13H15ClN4O2/c1-8(15)13(19)16-7-6-11-17-12(18-20-11)9-2-4-10(14)5-3-9/h2-5,8H,6-7,15H2,1H3,(H,16,19)/t8-/m1/s1. The van der Waals surface area contributed by atoms with Crippen LogP contribution in [0.4, 0.5) is 0 Å². The molecule has 0 unspecified atom stereocenters. The Labute approximate surface area is 121 Å². The lowest BCUT2D eigenvalue weighted by atomic mass is 10.2. The average molecular weight is 295 g/mol. The van der Waals surface area contributed by atoms with Crippen molar-refractivity contribution in [3.05, 3.63) is 35.2 Å². The minimum Gasteiger partial charge on any atom is -0.354 e. The van der Waals surface area contributed by atoms with Gasteiger partial charge in [-0.05, 0) is 31.2 Å². The topological polar surface area (TPSA) is 94.0 Å². The molecule has 1 amide bonds. The summed E-state index contributed by atoms with van der Waals surface area (Å²) >= 11 is 5.81. The molecule has 1 atom stereocenters. The first-order chi connectivity index (χ1) is 9.56. The second kappa shape index (κ2) is 6.49. The van der Waals surface area contributed by atoms with Gasteiger partial charge in [0.05, 0.1) is 6.04 Å². The highest BCUT2D eigenvalue weighted by molar-refractivity contribution is 6.30. The van der Waals surface area contributed by atoms with Crippen molar-refractivity contribution in [2.75, 3.05) is 6.54 Å². The Balaban J connectivity index is 1.92. The average Bonchev–Trinajstić information content (AvgIpc) is 2.88. The third-order valence-electron chi connectivity index (χ3n) is 2.62. The Hall–Kier alpha value is -1.92. The lowest BCUT2D eigenvalue weighted by molar-refractivity contribution is -0.121. The molecule has 0 saturated carbocycles. The molecule has 2 rings (SSSR count). The number of rotatable bonds is 5. The molecule has 0 aliphatic rings. The quantitative estimate of drug-likeness (QED) is 0.869. The Morgan fingerprint density at radius 2 is 2.15 bits per heavy atom. The van der Waals surface area contributed by atoms with Crippen molar-refractivity contribution < 1.29 is 9.32 Å². The summed E-state index contributed by atoms with van der Waals surface area (Å²) in [5.74, 6) is 0.748. The lowest BCUT2D eigenvalue weighted by Gasteiger charge is -2.05. The van der Waals surface area contributed by atoms with Crippen LogP contribution in [0.15, 0.2) is 28.8 Å². The molecule has 0 saturated heterocycles. The minimum absolute atomic E-state index is 0.206. The highest BCUT2D eigenvalue weighted by Gasteiger charge is 2.10. The maximum absolute atomic E-state index is 11.3. The molecule has 6 nitrogen and oxygen atoms in total. The van der Waals surface area contributed by atoms with E-state index in [1.54, 1.807) is 19.1 Å². The molecule has 0 bridgehead atoms. The van der Waals surface area contributed by atoms with Crippen LogP contribution in [-0.2, 0) is 11.2 Å². The Morgan fingerprint density at radius 1 is 1.45 bits per heavy atom. The maximum atomic E-state index is 11.3. The summed E-state index contributed by atoms with van der Waals surface area (Å²) < 4.78 is 5.11. The molecule has 1 aromatic carbocycles. The van der Waals surface area contributed by atoms with E-state index in [2.05, 4.69) is 15.5 Å². The molecule has 2 aromatic rings. The van der Waals surface area contributed by atoms with Gasteiger partial charge in [0.2, 0.25) is 17.6 Å². The first-order valence-electron chi connectivity index (χ1n) is 6.18. The van der Waals surface area contributed by atoms with Gasteiger partial charge in [0.1, 0.15) is 0 Å². The Bertz CT molecular complexity index is 580. The van der Waals surface area contributed by atoms with E-state index in [4.69, 9.17) is 21.9 Å². The largest absolute Gasteiger partial charge is 0.354 e. The first-order valence-corrected chi connectivity index (χ1v) is 6.56. The molecule has 20 heavy (non-hydrogen) atoms. The summed E-state index contributed by atoms with van der Waals surface area (Å²) in [4.78, 5) is 15.5. The van der Waals surface area contributed by atoms with Crippen LogP contribution in [0, 0.1) is 0 Å². The van der Waals surface area contributed by atoms with Gasteiger partial charge in [0, 0.05) is 23.6 Å². The normalized spacial score (nSPS) is 12.2. The fourth-order valence-electron chi connectivity index (χ4n) is 1.53. The summed E-state index contributed by atoms with van der Waals surface area (Å²) in [5.41, 5.74) is 6.26. The van der Waals surface area contributed by atoms with E-state index in [0.29, 0.717) is 29.7 Å². The number of hydrogen-bond donors (Lipinski definition) is 2. The molecule has 0 aliphatic heterocycles. The van der Waals surface area contributed by atoms with Crippen molar-refractivity contribution in [1.29, 1.82) is 0 Å². The van der Waals surface area contributed by atoms with Crippen molar-refractivity contribution in [3.63, 3.8) is 0 Å². The monoisotopic (exact) mass is 294 g/mol. The van der Waals surface area contributed by atoms with Gasteiger partial charge in [-0.25, -0.2) is 0 Å². The van der Waals surface area contributed by atoms with Crippen molar-refractivity contribution >= 4 is 17.5 Å². The zero-order valence-electron chi connectivity index (χ0n) is 11.0. The zero-order valence-corrected chi connectivity index (χ0v) is 11.7. The number of aromatic nitrogens is 2. The van der Waals surface area contributed by atoms with E-state index in [0.717, 1.165) is 5.56 Å². The number of carbonyl (C=O) groups is 1. The SMILES string of the molecule is C[C@@H](N)C(=O)NCCc1nc(-c2ccc(Cl)cc2)no1. The van der Waals surface area contributed by atoms with Gasteiger partial charge in [-0.1, -0.05) is 16.8 Å². The van der Waals surface area contributed by atoms with E-state index in [-0.39, 0.29) is 5.91 Å². The molecule has 7 heteroatoms. The Kier molecular flexibility index (Phi) is 4.70. The Morgan fingerprint density at radius 3 is 2.80 bits per heavy atom. The van der Waals surface area contributed by atoms with E-state index in [1.807, 2.05) is 12.1 Å². The zero-order chi connectivity index (χ0) is 14.5. The molecule has 3 N–H and O–H groups in total. The van der Waals surface area contributed by atoms with Gasteiger partial charge in [-0.15, -0.1) is 0 Å². The lowest BCUT2D eigenvalue weighted by Crippen LogP contribution is -2.39. The molecule has 0 radical (unpaired) electrons. The number of carbonyl (C=O) groups excluding carboxylic acids is 1. The molecule has 0 spiro atoms. The van der Waals surface area contributed by atoms with Crippen LogP contribution in [-0.4, -0.2) is 28.6 Å². The van der Waals surface area contributed by atoms with Gasteiger partial charge in [0.25, 0.3) is 0 Å². The highest BCUT2D eigenvalue weighted by atomic mass is 35.5. The first kappa shape index (κ1) is 14.5. The molecule has 1 heterocycles. The van der Waals surface area contributed by atoms with Gasteiger partial charge >= 0.3 is 0 Å². The van der Waals surface area contributed by atoms with Crippen LogP contribution in [0.3, 0.4) is 0 Å². The summed E-state index contributed by atoms with van der Waals surface area (Å²) in [6, 6.07) is 6.62. The van der Waals surface area contributed by atoms with Crippen LogP contribution in [0.25, 0.3) is 11.4 Å². The van der Waals surface area contributed by atoms with E-state index < -0.39 is 6.04 Å². The van der Waals surface area contributed by atoms with Gasteiger partial charge in [-0.2, -0.15) is 4.98 Å². The van der Waals surface area contributed by atoms with Gasteiger partial charge < -0.3 is 15.6 Å². The van der Waals surface area contributed by atoms with Crippen LogP contribution in [0.5, 0.6) is 0 Å². The number of halogens is 1. The molecule has 0 fully saturated rings. The molecular weight excluding hydrogens is 280 g/mol.